The standard InChI is InChI=1S/C19H25NO2/c1-4-6-7-11-20-12-10-17-14-16(8-9-18(17)20)15(3)13-19(21)22-5-2/h8-10,12-14H,4-7,11H2,1-3H3. The number of hydrogen-bond donors (Lipinski definition) is 0. The summed E-state index contributed by atoms with van der Waals surface area (Å²) in [5, 5.41) is 1.21. The summed E-state index contributed by atoms with van der Waals surface area (Å²) in [4.78, 5) is 11.5. The van der Waals surface area contributed by atoms with Crippen LogP contribution in [0.4, 0.5) is 0 Å². The van der Waals surface area contributed by atoms with E-state index in [-0.39, 0.29) is 5.97 Å². The van der Waals surface area contributed by atoms with E-state index in [1.807, 2.05) is 13.8 Å². The van der Waals surface area contributed by atoms with Crippen molar-refractivity contribution in [1.29, 1.82) is 0 Å². The van der Waals surface area contributed by atoms with Gasteiger partial charge in [0.15, 0.2) is 0 Å². The molecule has 0 atom stereocenters. The fourth-order valence-electron chi connectivity index (χ4n) is 2.62. The Hall–Kier alpha value is -2.03. The van der Waals surface area contributed by atoms with Crippen molar-refractivity contribution < 1.29 is 9.53 Å². The van der Waals surface area contributed by atoms with E-state index in [1.54, 1.807) is 6.08 Å². The van der Waals surface area contributed by atoms with Gasteiger partial charge in [-0.2, -0.15) is 0 Å². The van der Waals surface area contributed by atoms with Crippen LogP contribution in [-0.2, 0) is 16.1 Å². The topological polar surface area (TPSA) is 31.2 Å². The van der Waals surface area contributed by atoms with Crippen molar-refractivity contribution >= 4 is 22.4 Å². The molecule has 2 rings (SSSR count). The summed E-state index contributed by atoms with van der Waals surface area (Å²) in [5.41, 5.74) is 3.25. The monoisotopic (exact) mass is 299 g/mol. The predicted molar refractivity (Wildman–Crippen MR) is 91.7 cm³/mol. The predicted octanol–water partition coefficient (Wildman–Crippen LogP) is 4.80. The van der Waals surface area contributed by atoms with E-state index in [0.717, 1.165) is 17.7 Å². The maximum absolute atomic E-state index is 11.5. The summed E-state index contributed by atoms with van der Waals surface area (Å²) < 4.78 is 7.27. The van der Waals surface area contributed by atoms with Gasteiger partial charge in [0.25, 0.3) is 0 Å². The van der Waals surface area contributed by atoms with E-state index < -0.39 is 0 Å². The number of benzene rings is 1. The largest absolute Gasteiger partial charge is 0.463 e. The van der Waals surface area contributed by atoms with Crippen LogP contribution in [0.25, 0.3) is 16.5 Å². The number of allylic oxidation sites excluding steroid dienone is 1. The van der Waals surface area contributed by atoms with Gasteiger partial charge < -0.3 is 9.30 Å². The lowest BCUT2D eigenvalue weighted by Crippen LogP contribution is -2.00. The summed E-state index contributed by atoms with van der Waals surface area (Å²) in [6, 6.07) is 8.49. The lowest BCUT2D eigenvalue weighted by atomic mass is 10.1. The zero-order chi connectivity index (χ0) is 15.9. The van der Waals surface area contributed by atoms with Gasteiger partial charge in [0.1, 0.15) is 0 Å². The van der Waals surface area contributed by atoms with Crippen LogP contribution in [0.5, 0.6) is 0 Å². The second-order valence-electron chi connectivity index (χ2n) is 5.57. The highest BCUT2D eigenvalue weighted by Crippen LogP contribution is 2.22. The quantitative estimate of drug-likeness (QED) is 0.418. The van der Waals surface area contributed by atoms with E-state index in [0.29, 0.717) is 6.61 Å². The molecule has 0 N–H and O–H groups in total. The number of carbonyl (C=O) groups is 1. The first-order valence-electron chi connectivity index (χ1n) is 8.10. The second-order valence-corrected chi connectivity index (χ2v) is 5.57. The maximum atomic E-state index is 11.5. The van der Waals surface area contributed by atoms with Gasteiger partial charge in [-0.05, 0) is 49.6 Å². The van der Waals surface area contributed by atoms with Crippen molar-refractivity contribution in [2.24, 2.45) is 0 Å². The minimum absolute atomic E-state index is 0.280. The third kappa shape index (κ3) is 4.00. The fourth-order valence-corrected chi connectivity index (χ4v) is 2.62. The first-order valence-corrected chi connectivity index (χ1v) is 8.10. The van der Waals surface area contributed by atoms with Gasteiger partial charge in [-0.25, -0.2) is 4.79 Å². The van der Waals surface area contributed by atoms with Crippen LogP contribution in [0.1, 0.15) is 45.6 Å². The summed E-state index contributed by atoms with van der Waals surface area (Å²) in [5.74, 6) is -0.280. The molecule has 3 nitrogen and oxygen atoms in total. The van der Waals surface area contributed by atoms with E-state index in [1.165, 1.54) is 30.2 Å². The Balaban J connectivity index is 2.19. The molecule has 0 saturated carbocycles. The molecule has 3 heteroatoms. The first-order chi connectivity index (χ1) is 10.7. The highest BCUT2D eigenvalue weighted by molar-refractivity contribution is 5.92. The van der Waals surface area contributed by atoms with Gasteiger partial charge >= 0.3 is 5.97 Å². The average molecular weight is 299 g/mol. The number of esters is 1. The minimum Gasteiger partial charge on any atom is -0.463 e. The number of aryl methyl sites for hydroxylation is 1. The van der Waals surface area contributed by atoms with Crippen LogP contribution in [0.2, 0.25) is 0 Å². The number of ether oxygens (including phenoxy) is 1. The zero-order valence-electron chi connectivity index (χ0n) is 13.8. The Morgan fingerprint density at radius 1 is 1.23 bits per heavy atom. The molecule has 0 spiro atoms. The lowest BCUT2D eigenvalue weighted by Gasteiger charge is -2.06. The summed E-state index contributed by atoms with van der Waals surface area (Å²) >= 11 is 0. The number of aromatic nitrogens is 1. The third-order valence-corrected chi connectivity index (χ3v) is 3.85. The van der Waals surface area contributed by atoms with Gasteiger partial charge in [0, 0.05) is 29.7 Å². The molecule has 0 aliphatic carbocycles. The molecule has 0 amide bonds. The molecule has 1 heterocycles. The average Bonchev–Trinajstić information content (AvgIpc) is 2.90. The van der Waals surface area contributed by atoms with Crippen molar-refractivity contribution in [2.45, 2.75) is 46.6 Å². The Morgan fingerprint density at radius 3 is 2.77 bits per heavy atom. The Morgan fingerprint density at radius 2 is 2.05 bits per heavy atom. The number of carbonyl (C=O) groups excluding carboxylic acids is 1. The zero-order valence-corrected chi connectivity index (χ0v) is 13.8. The highest BCUT2D eigenvalue weighted by Gasteiger charge is 2.05. The number of rotatable bonds is 7. The summed E-state index contributed by atoms with van der Waals surface area (Å²) in [6.07, 6.45) is 7.42. The van der Waals surface area contributed by atoms with Crippen molar-refractivity contribution in [3.63, 3.8) is 0 Å². The molecule has 1 aromatic carbocycles. The molecular formula is C19H25NO2. The Bertz CT molecular complexity index is 667. The molecule has 0 saturated heterocycles. The van der Waals surface area contributed by atoms with Crippen LogP contribution >= 0.6 is 0 Å². The van der Waals surface area contributed by atoms with Crippen LogP contribution in [0.15, 0.2) is 36.5 Å². The maximum Gasteiger partial charge on any atom is 0.331 e. The van der Waals surface area contributed by atoms with Gasteiger partial charge in [-0.3, -0.25) is 0 Å². The van der Waals surface area contributed by atoms with E-state index in [2.05, 4.69) is 42.0 Å². The smallest absolute Gasteiger partial charge is 0.331 e. The Labute approximate surface area is 132 Å². The van der Waals surface area contributed by atoms with E-state index in [4.69, 9.17) is 4.74 Å². The van der Waals surface area contributed by atoms with Gasteiger partial charge in [0.2, 0.25) is 0 Å². The molecule has 2 aromatic rings. The van der Waals surface area contributed by atoms with Crippen molar-refractivity contribution in [3.8, 4) is 0 Å². The van der Waals surface area contributed by atoms with Crippen LogP contribution in [0.3, 0.4) is 0 Å². The van der Waals surface area contributed by atoms with Crippen molar-refractivity contribution in [2.75, 3.05) is 6.61 Å². The molecule has 0 aliphatic heterocycles. The molecule has 0 unspecified atom stereocenters. The first kappa shape index (κ1) is 16.3. The molecule has 0 fully saturated rings. The summed E-state index contributed by atoms with van der Waals surface area (Å²) in [6.45, 7) is 7.44. The molecule has 0 radical (unpaired) electrons. The molecule has 22 heavy (non-hydrogen) atoms. The molecule has 1 aromatic heterocycles. The number of unbranched alkanes of at least 4 members (excludes halogenated alkanes) is 2. The number of nitrogens with zero attached hydrogens (tertiary/aromatic N) is 1. The van der Waals surface area contributed by atoms with Crippen molar-refractivity contribution in [1.82, 2.24) is 4.57 Å². The van der Waals surface area contributed by atoms with Crippen LogP contribution in [0, 0.1) is 0 Å². The van der Waals surface area contributed by atoms with Crippen LogP contribution in [-0.4, -0.2) is 17.1 Å². The van der Waals surface area contributed by atoms with E-state index in [9.17, 15) is 4.79 Å². The molecule has 118 valence electrons. The molecule has 0 aliphatic rings. The minimum atomic E-state index is -0.280. The number of hydrogen-bond acceptors (Lipinski definition) is 2. The van der Waals surface area contributed by atoms with E-state index >= 15 is 0 Å². The third-order valence-electron chi connectivity index (χ3n) is 3.85. The second kappa shape index (κ2) is 7.83. The van der Waals surface area contributed by atoms with Gasteiger partial charge in [0.05, 0.1) is 6.61 Å². The summed E-state index contributed by atoms with van der Waals surface area (Å²) in [7, 11) is 0. The highest BCUT2D eigenvalue weighted by atomic mass is 16.5. The van der Waals surface area contributed by atoms with Gasteiger partial charge in [-0.15, -0.1) is 0 Å². The lowest BCUT2D eigenvalue weighted by molar-refractivity contribution is -0.137. The van der Waals surface area contributed by atoms with Gasteiger partial charge in [-0.1, -0.05) is 25.8 Å². The van der Waals surface area contributed by atoms with Crippen LogP contribution < -0.4 is 0 Å². The normalized spacial score (nSPS) is 11.9. The Kier molecular flexibility index (Phi) is 5.82. The van der Waals surface area contributed by atoms with Crippen molar-refractivity contribution in [3.05, 3.63) is 42.1 Å². The molecular weight excluding hydrogens is 274 g/mol. The number of fused-ring (bicyclic) bond motifs is 1. The fraction of sp³-hybridized carbons (Fsp3) is 0.421. The molecule has 0 bridgehead atoms. The SMILES string of the molecule is CCCCCn1ccc2cc(C(C)=CC(=O)OCC)ccc21.